The molecule has 2 N–H and O–H groups in total. The number of aliphatic hydroxyl groups is 1. The molecule has 0 aliphatic carbocycles. The van der Waals surface area contributed by atoms with Crippen LogP contribution in [-0.2, 0) is 9.63 Å². The highest BCUT2D eigenvalue weighted by Gasteiger charge is 2.41. The average Bonchev–Trinajstić information content (AvgIpc) is 1.97. The third kappa shape index (κ3) is 0.906. The largest absolute Gasteiger partial charge is 0.363 e. The van der Waals surface area contributed by atoms with Gasteiger partial charge in [0.15, 0.2) is 5.79 Å². The van der Waals surface area contributed by atoms with Gasteiger partial charge in [-0.25, -0.2) is 10.3 Å². The summed E-state index contributed by atoms with van der Waals surface area (Å²) in [5.74, 6) is -2.10. The predicted molar refractivity (Wildman–Crippen MR) is 29.0 cm³/mol. The maximum atomic E-state index is 10.6. The minimum absolute atomic E-state index is 0.278. The van der Waals surface area contributed by atoms with E-state index in [1.165, 1.54) is 6.92 Å². The van der Waals surface area contributed by atoms with Crippen LogP contribution >= 0.6 is 0 Å². The van der Waals surface area contributed by atoms with Crippen LogP contribution < -0.4 is 5.48 Å². The Kier molecular flexibility index (Phi) is 1.22. The van der Waals surface area contributed by atoms with E-state index in [1.807, 2.05) is 0 Å². The Morgan fingerprint density at radius 3 is 2.56 bits per heavy atom. The van der Waals surface area contributed by atoms with Crippen LogP contribution in [0.4, 0.5) is 0 Å². The fourth-order valence-electron chi connectivity index (χ4n) is 0.574. The van der Waals surface area contributed by atoms with Crippen LogP contribution in [0.2, 0.25) is 0 Å². The van der Waals surface area contributed by atoms with Crippen LogP contribution in [0.3, 0.4) is 0 Å². The van der Waals surface area contributed by atoms with Gasteiger partial charge in [0.2, 0.25) is 0 Å². The van der Waals surface area contributed by atoms with Crippen molar-refractivity contribution >= 4 is 5.91 Å². The molecule has 4 heteroatoms. The molecule has 1 aliphatic rings. The smallest absolute Gasteiger partial charge is 0.251 e. The van der Waals surface area contributed by atoms with E-state index in [-0.39, 0.29) is 5.91 Å². The van der Waals surface area contributed by atoms with E-state index in [9.17, 15) is 4.79 Å². The lowest BCUT2D eigenvalue weighted by Crippen LogP contribution is -2.30. The van der Waals surface area contributed by atoms with E-state index in [1.54, 1.807) is 6.92 Å². The predicted octanol–water partition coefficient (Wildman–Crippen LogP) is -0.608. The number of rotatable bonds is 0. The van der Waals surface area contributed by atoms with Gasteiger partial charge in [-0.15, -0.1) is 0 Å². The Morgan fingerprint density at radius 2 is 2.44 bits per heavy atom. The summed E-state index contributed by atoms with van der Waals surface area (Å²) < 4.78 is 0. The molecule has 2 unspecified atom stereocenters. The summed E-state index contributed by atoms with van der Waals surface area (Å²) in [6, 6.07) is 0. The van der Waals surface area contributed by atoms with Gasteiger partial charge in [-0.05, 0) is 13.8 Å². The first-order chi connectivity index (χ1) is 4.04. The lowest BCUT2D eigenvalue weighted by atomic mass is 10.0. The maximum Gasteiger partial charge on any atom is 0.251 e. The fraction of sp³-hybridized carbons (Fsp3) is 0.800. The van der Waals surface area contributed by atoms with Gasteiger partial charge in [0, 0.05) is 0 Å². The summed E-state index contributed by atoms with van der Waals surface area (Å²) in [6.45, 7) is 3.04. The summed E-state index contributed by atoms with van der Waals surface area (Å²) >= 11 is 0. The van der Waals surface area contributed by atoms with Crippen molar-refractivity contribution in [1.82, 2.24) is 5.48 Å². The van der Waals surface area contributed by atoms with Crippen molar-refractivity contribution in [3.63, 3.8) is 0 Å². The Bertz CT molecular complexity index is 143. The zero-order valence-corrected chi connectivity index (χ0v) is 5.34. The summed E-state index contributed by atoms with van der Waals surface area (Å²) in [7, 11) is 0. The normalized spacial score (nSPS) is 43.0. The zero-order chi connectivity index (χ0) is 7.07. The first-order valence-corrected chi connectivity index (χ1v) is 2.74. The summed E-state index contributed by atoms with van der Waals surface area (Å²) in [4.78, 5) is 15.1. The van der Waals surface area contributed by atoms with Crippen LogP contribution in [0.15, 0.2) is 0 Å². The summed E-state index contributed by atoms with van der Waals surface area (Å²) in [5, 5.41) is 9.13. The second-order valence-electron chi connectivity index (χ2n) is 2.34. The molecule has 1 rings (SSSR count). The molecule has 0 aromatic heterocycles. The Hall–Kier alpha value is -0.610. The van der Waals surface area contributed by atoms with Crippen molar-refractivity contribution in [2.45, 2.75) is 19.6 Å². The quantitative estimate of drug-likeness (QED) is 0.461. The first kappa shape index (κ1) is 6.51. The van der Waals surface area contributed by atoms with Crippen LogP contribution in [0.1, 0.15) is 13.8 Å². The van der Waals surface area contributed by atoms with Crippen molar-refractivity contribution in [3.8, 4) is 0 Å². The van der Waals surface area contributed by atoms with Gasteiger partial charge in [-0.1, -0.05) is 0 Å². The Morgan fingerprint density at radius 1 is 1.89 bits per heavy atom. The van der Waals surface area contributed by atoms with Gasteiger partial charge < -0.3 is 5.11 Å². The van der Waals surface area contributed by atoms with Crippen molar-refractivity contribution in [2.24, 2.45) is 5.92 Å². The molecule has 1 amide bonds. The lowest BCUT2D eigenvalue weighted by molar-refractivity contribution is -0.203. The van der Waals surface area contributed by atoms with E-state index in [4.69, 9.17) is 5.11 Å². The van der Waals surface area contributed by atoms with Crippen molar-refractivity contribution < 1.29 is 14.7 Å². The molecule has 1 saturated heterocycles. The van der Waals surface area contributed by atoms with Crippen LogP contribution in [0.5, 0.6) is 0 Å². The van der Waals surface area contributed by atoms with Crippen molar-refractivity contribution in [3.05, 3.63) is 0 Å². The Labute approximate surface area is 52.8 Å². The first-order valence-electron chi connectivity index (χ1n) is 2.74. The number of hydroxylamine groups is 1. The molecular weight excluding hydrogens is 122 g/mol. The molecule has 0 aromatic carbocycles. The monoisotopic (exact) mass is 131 g/mol. The standard InChI is InChI=1S/C5H9NO3/c1-3-4(7)6-9-5(3,2)8/h3,8H,1-2H3,(H,6,7). The number of carbonyl (C=O) groups excluding carboxylic acids is 1. The topological polar surface area (TPSA) is 58.6 Å². The van der Waals surface area contributed by atoms with E-state index in [0.29, 0.717) is 0 Å². The van der Waals surface area contributed by atoms with E-state index >= 15 is 0 Å². The highest BCUT2D eigenvalue weighted by molar-refractivity contribution is 5.79. The third-order valence-corrected chi connectivity index (χ3v) is 1.55. The lowest BCUT2D eigenvalue weighted by Gasteiger charge is -2.15. The highest BCUT2D eigenvalue weighted by Crippen LogP contribution is 2.22. The molecule has 0 radical (unpaired) electrons. The van der Waals surface area contributed by atoms with Crippen LogP contribution in [0, 0.1) is 5.92 Å². The van der Waals surface area contributed by atoms with Gasteiger partial charge in [0.1, 0.15) is 0 Å². The zero-order valence-electron chi connectivity index (χ0n) is 5.34. The van der Waals surface area contributed by atoms with Crippen LogP contribution in [0.25, 0.3) is 0 Å². The fourth-order valence-corrected chi connectivity index (χ4v) is 0.574. The minimum atomic E-state index is -1.34. The van der Waals surface area contributed by atoms with E-state index < -0.39 is 11.7 Å². The van der Waals surface area contributed by atoms with E-state index in [2.05, 4.69) is 10.3 Å². The van der Waals surface area contributed by atoms with Gasteiger partial charge in [-0.2, -0.15) is 0 Å². The summed E-state index contributed by atoms with van der Waals surface area (Å²) in [6.07, 6.45) is 0. The molecule has 1 heterocycles. The maximum absolute atomic E-state index is 10.6. The SMILES string of the molecule is CC1C(=O)NOC1(C)O. The van der Waals surface area contributed by atoms with Gasteiger partial charge >= 0.3 is 0 Å². The molecule has 4 nitrogen and oxygen atoms in total. The number of hydrogen-bond donors (Lipinski definition) is 2. The molecule has 0 spiro atoms. The summed E-state index contributed by atoms with van der Waals surface area (Å²) in [5.41, 5.74) is 2.07. The molecule has 1 aliphatic heterocycles. The molecule has 1 fully saturated rings. The number of nitrogens with one attached hydrogen (secondary N) is 1. The number of hydrogen-bond acceptors (Lipinski definition) is 3. The molecule has 0 saturated carbocycles. The molecule has 0 bridgehead atoms. The molecular formula is C5H9NO3. The molecule has 0 aromatic rings. The van der Waals surface area contributed by atoms with Crippen LogP contribution in [-0.4, -0.2) is 16.8 Å². The molecule has 2 atom stereocenters. The van der Waals surface area contributed by atoms with Gasteiger partial charge in [0.05, 0.1) is 5.92 Å². The average molecular weight is 131 g/mol. The number of carbonyl (C=O) groups is 1. The second-order valence-corrected chi connectivity index (χ2v) is 2.34. The highest BCUT2D eigenvalue weighted by atomic mass is 16.8. The molecule has 9 heavy (non-hydrogen) atoms. The van der Waals surface area contributed by atoms with Crippen molar-refractivity contribution in [2.75, 3.05) is 0 Å². The van der Waals surface area contributed by atoms with Gasteiger partial charge in [0.25, 0.3) is 5.91 Å². The number of amides is 1. The second kappa shape index (κ2) is 1.68. The van der Waals surface area contributed by atoms with Gasteiger partial charge in [-0.3, -0.25) is 4.79 Å². The van der Waals surface area contributed by atoms with Crippen molar-refractivity contribution in [1.29, 1.82) is 0 Å². The Balaban J connectivity index is 2.73. The minimum Gasteiger partial charge on any atom is -0.363 e. The molecule has 52 valence electrons. The van der Waals surface area contributed by atoms with E-state index in [0.717, 1.165) is 0 Å². The third-order valence-electron chi connectivity index (χ3n) is 1.55.